The van der Waals surface area contributed by atoms with Gasteiger partial charge < -0.3 is 5.32 Å². The molecule has 1 nitrogen and oxygen atoms in total. The molecule has 1 heteroatoms. The Hall–Kier alpha value is -1.08. The third-order valence-electron chi connectivity index (χ3n) is 1.96. The van der Waals surface area contributed by atoms with Crippen LogP contribution in [0.15, 0.2) is 36.4 Å². The average Bonchev–Trinajstić information content (AvgIpc) is 2.15. The molecule has 0 unspecified atom stereocenters. The lowest BCUT2D eigenvalue weighted by Gasteiger charge is -1.96. The van der Waals surface area contributed by atoms with E-state index >= 15 is 0 Å². The predicted molar refractivity (Wildman–Crippen MR) is 57.9 cm³/mol. The van der Waals surface area contributed by atoms with Crippen molar-refractivity contribution in [2.24, 2.45) is 0 Å². The van der Waals surface area contributed by atoms with Crippen molar-refractivity contribution in [1.29, 1.82) is 0 Å². The van der Waals surface area contributed by atoms with Crippen molar-refractivity contribution in [3.63, 3.8) is 0 Å². The van der Waals surface area contributed by atoms with Crippen molar-refractivity contribution in [3.8, 4) is 0 Å². The van der Waals surface area contributed by atoms with Gasteiger partial charge in [-0.25, -0.2) is 0 Å². The van der Waals surface area contributed by atoms with Crippen molar-refractivity contribution >= 4 is 0 Å². The lowest BCUT2D eigenvalue weighted by molar-refractivity contribution is 0.916. The molecule has 0 aliphatic carbocycles. The van der Waals surface area contributed by atoms with Crippen LogP contribution in [0.5, 0.6) is 0 Å². The topological polar surface area (TPSA) is 12.0 Å². The van der Waals surface area contributed by atoms with Crippen LogP contribution >= 0.6 is 0 Å². The maximum absolute atomic E-state index is 3.08. The summed E-state index contributed by atoms with van der Waals surface area (Å²) in [4.78, 5) is 0. The molecule has 0 saturated heterocycles. The summed E-state index contributed by atoms with van der Waals surface area (Å²) in [5.41, 5.74) is 2.70. The molecule has 0 amide bonds. The Labute approximate surface area is 80.5 Å². The summed E-state index contributed by atoms with van der Waals surface area (Å²) < 4.78 is 0. The Morgan fingerprint density at radius 2 is 1.85 bits per heavy atom. The minimum absolute atomic E-state index is 0.950. The fourth-order valence-corrected chi connectivity index (χ4v) is 1.14. The molecule has 1 aromatic carbocycles. The number of hydrogen-bond acceptors (Lipinski definition) is 1. The second kappa shape index (κ2) is 5.55. The van der Waals surface area contributed by atoms with Crippen molar-refractivity contribution in [2.45, 2.75) is 13.3 Å². The van der Waals surface area contributed by atoms with E-state index in [-0.39, 0.29) is 0 Å². The van der Waals surface area contributed by atoms with Crippen LogP contribution in [0.3, 0.4) is 0 Å². The van der Waals surface area contributed by atoms with Gasteiger partial charge in [-0.3, -0.25) is 0 Å². The summed E-state index contributed by atoms with van der Waals surface area (Å²) in [5, 5.41) is 3.08. The first-order valence-corrected chi connectivity index (χ1v) is 4.68. The van der Waals surface area contributed by atoms with E-state index in [9.17, 15) is 0 Å². The van der Waals surface area contributed by atoms with E-state index < -0.39 is 0 Å². The fourth-order valence-electron chi connectivity index (χ4n) is 1.14. The largest absolute Gasteiger partial charge is 0.316 e. The van der Waals surface area contributed by atoms with Crippen LogP contribution in [-0.2, 0) is 6.42 Å². The monoisotopic (exact) mass is 175 g/mol. The number of hydrogen-bond donors (Lipinski definition) is 1. The van der Waals surface area contributed by atoms with Gasteiger partial charge in [-0.15, -0.1) is 0 Å². The maximum Gasteiger partial charge on any atom is 0.0131 e. The van der Waals surface area contributed by atoms with Gasteiger partial charge in [-0.1, -0.05) is 42.0 Å². The van der Waals surface area contributed by atoms with Crippen LogP contribution in [0.1, 0.15) is 11.1 Å². The highest BCUT2D eigenvalue weighted by Gasteiger charge is 1.87. The number of likely N-dealkylation sites (N-methyl/N-ethyl adjacent to an activating group) is 1. The second-order valence-corrected chi connectivity index (χ2v) is 3.22. The number of allylic oxidation sites excluding steroid dienone is 1. The Kier molecular flexibility index (Phi) is 4.27. The maximum atomic E-state index is 3.08. The zero-order valence-electron chi connectivity index (χ0n) is 8.38. The van der Waals surface area contributed by atoms with Crippen molar-refractivity contribution < 1.29 is 0 Å². The van der Waals surface area contributed by atoms with E-state index in [1.807, 2.05) is 7.05 Å². The lowest BCUT2D eigenvalue weighted by atomic mass is 10.1. The second-order valence-electron chi connectivity index (χ2n) is 3.22. The van der Waals surface area contributed by atoms with Crippen molar-refractivity contribution in [2.75, 3.05) is 13.6 Å². The van der Waals surface area contributed by atoms with Crippen LogP contribution in [0.4, 0.5) is 0 Å². The molecule has 1 N–H and O–H groups in total. The summed E-state index contributed by atoms with van der Waals surface area (Å²) in [5.74, 6) is 0. The molecule has 1 rings (SSSR count). The molecule has 0 aromatic heterocycles. The van der Waals surface area contributed by atoms with E-state index in [1.165, 1.54) is 11.1 Å². The molecule has 0 aliphatic heterocycles. The van der Waals surface area contributed by atoms with Gasteiger partial charge in [0.05, 0.1) is 0 Å². The molecule has 0 spiro atoms. The zero-order chi connectivity index (χ0) is 9.52. The smallest absolute Gasteiger partial charge is 0.0131 e. The summed E-state index contributed by atoms with van der Waals surface area (Å²) in [6.45, 7) is 3.06. The molecule has 70 valence electrons. The Morgan fingerprint density at radius 1 is 1.15 bits per heavy atom. The van der Waals surface area contributed by atoms with Crippen LogP contribution < -0.4 is 5.32 Å². The van der Waals surface area contributed by atoms with Crippen LogP contribution in [0.25, 0.3) is 0 Å². The fraction of sp³-hybridized carbons (Fsp3) is 0.333. The highest BCUT2D eigenvalue weighted by molar-refractivity contribution is 5.23. The van der Waals surface area contributed by atoms with Gasteiger partial charge in [0.2, 0.25) is 0 Å². The van der Waals surface area contributed by atoms with Gasteiger partial charge in [0.15, 0.2) is 0 Å². The van der Waals surface area contributed by atoms with Crippen LogP contribution in [0, 0.1) is 6.92 Å². The van der Waals surface area contributed by atoms with E-state index in [4.69, 9.17) is 0 Å². The molecular formula is C12H17N. The average molecular weight is 175 g/mol. The number of rotatable bonds is 4. The first kappa shape index (κ1) is 10.0. The van der Waals surface area contributed by atoms with Gasteiger partial charge in [0, 0.05) is 6.54 Å². The van der Waals surface area contributed by atoms with Crippen LogP contribution in [0.2, 0.25) is 0 Å². The Balaban J connectivity index is 2.41. The summed E-state index contributed by atoms with van der Waals surface area (Å²) >= 11 is 0. The van der Waals surface area contributed by atoms with Crippen LogP contribution in [-0.4, -0.2) is 13.6 Å². The molecule has 13 heavy (non-hydrogen) atoms. The predicted octanol–water partition coefficient (Wildman–Crippen LogP) is 2.31. The van der Waals surface area contributed by atoms with E-state index in [0.29, 0.717) is 0 Å². The minimum atomic E-state index is 0.950. The highest BCUT2D eigenvalue weighted by atomic mass is 14.8. The molecule has 0 bridgehead atoms. The molecule has 0 aliphatic rings. The zero-order valence-corrected chi connectivity index (χ0v) is 8.38. The lowest BCUT2D eigenvalue weighted by Crippen LogP contribution is -2.03. The Bertz CT molecular complexity index is 259. The molecular weight excluding hydrogens is 158 g/mol. The Morgan fingerprint density at radius 3 is 2.46 bits per heavy atom. The summed E-state index contributed by atoms with van der Waals surface area (Å²) in [6, 6.07) is 8.67. The van der Waals surface area contributed by atoms with E-state index in [0.717, 1.165) is 13.0 Å². The van der Waals surface area contributed by atoms with Gasteiger partial charge in [-0.05, 0) is 26.0 Å². The third kappa shape index (κ3) is 3.90. The quantitative estimate of drug-likeness (QED) is 0.692. The van der Waals surface area contributed by atoms with Crippen molar-refractivity contribution in [1.82, 2.24) is 5.32 Å². The number of aryl methyl sites for hydroxylation is 1. The van der Waals surface area contributed by atoms with E-state index in [1.54, 1.807) is 0 Å². The molecule has 0 atom stereocenters. The number of benzene rings is 1. The summed E-state index contributed by atoms with van der Waals surface area (Å²) in [7, 11) is 1.95. The van der Waals surface area contributed by atoms with Gasteiger partial charge >= 0.3 is 0 Å². The van der Waals surface area contributed by atoms with Gasteiger partial charge in [-0.2, -0.15) is 0 Å². The summed E-state index contributed by atoms with van der Waals surface area (Å²) in [6.07, 6.45) is 5.38. The van der Waals surface area contributed by atoms with E-state index in [2.05, 4.69) is 48.7 Å². The first-order chi connectivity index (χ1) is 6.33. The molecule has 0 radical (unpaired) electrons. The number of nitrogens with one attached hydrogen (secondary N) is 1. The van der Waals surface area contributed by atoms with Gasteiger partial charge in [0.25, 0.3) is 0 Å². The molecule has 1 aromatic rings. The third-order valence-corrected chi connectivity index (χ3v) is 1.96. The standard InChI is InChI=1S/C12H17N/c1-11-6-8-12(9-7-11)5-3-4-10-13-2/h3-4,6-9,13H,5,10H2,1-2H3/b4-3-. The minimum Gasteiger partial charge on any atom is -0.316 e. The highest BCUT2D eigenvalue weighted by Crippen LogP contribution is 2.03. The van der Waals surface area contributed by atoms with Crippen molar-refractivity contribution in [3.05, 3.63) is 47.5 Å². The molecule has 0 fully saturated rings. The normalized spacial score (nSPS) is 10.9. The first-order valence-electron chi connectivity index (χ1n) is 4.68. The van der Waals surface area contributed by atoms with Gasteiger partial charge in [0.1, 0.15) is 0 Å². The molecule has 0 saturated carbocycles. The molecule has 0 heterocycles. The SMILES string of the molecule is CNC/C=C\Cc1ccc(C)cc1.